The standard InChI is InChI=1S/C17H18BrNO3/c1-19-8-7-17-6-4-3-5-12(17)22-15-11(21-2)9-10(18)13(14(15)17)16(19)20/h4,6,9,12H,3,5,7-8H2,1-2H3. The molecular formula is C17H18BrNO3. The summed E-state index contributed by atoms with van der Waals surface area (Å²) in [6.45, 7) is 0.728. The van der Waals surface area contributed by atoms with Gasteiger partial charge in [0.15, 0.2) is 11.5 Å². The number of allylic oxidation sites excluding steroid dienone is 1. The number of hydrogen-bond acceptors (Lipinski definition) is 3. The maximum absolute atomic E-state index is 12.8. The van der Waals surface area contributed by atoms with Crippen LogP contribution in [0.25, 0.3) is 0 Å². The molecule has 5 heteroatoms. The van der Waals surface area contributed by atoms with Crippen molar-refractivity contribution in [3.05, 3.63) is 33.8 Å². The molecule has 4 nitrogen and oxygen atoms in total. The zero-order chi connectivity index (χ0) is 15.5. The summed E-state index contributed by atoms with van der Waals surface area (Å²) in [6, 6.07) is 1.85. The lowest BCUT2D eigenvalue weighted by Gasteiger charge is -2.34. The SMILES string of the molecule is COc1cc(Br)c2c3c1OC1CCC=CC31CCN(C)C2=O. The van der Waals surface area contributed by atoms with Gasteiger partial charge in [0.05, 0.1) is 18.1 Å². The summed E-state index contributed by atoms with van der Waals surface area (Å²) in [4.78, 5) is 14.6. The molecule has 2 aliphatic heterocycles. The maximum atomic E-state index is 12.8. The van der Waals surface area contributed by atoms with Crippen LogP contribution in [0, 0.1) is 0 Å². The van der Waals surface area contributed by atoms with Crippen molar-refractivity contribution < 1.29 is 14.3 Å². The molecule has 1 spiro atoms. The van der Waals surface area contributed by atoms with Crippen molar-refractivity contribution in [1.82, 2.24) is 4.90 Å². The quantitative estimate of drug-likeness (QED) is 0.718. The molecule has 4 rings (SSSR count). The van der Waals surface area contributed by atoms with E-state index >= 15 is 0 Å². The third-order valence-corrected chi connectivity index (χ3v) is 5.78. The number of amides is 1. The Morgan fingerprint density at radius 2 is 2.32 bits per heavy atom. The third kappa shape index (κ3) is 1.66. The van der Waals surface area contributed by atoms with Crippen molar-refractivity contribution in [2.24, 2.45) is 0 Å². The molecule has 0 aromatic heterocycles. The molecule has 0 bridgehead atoms. The van der Waals surface area contributed by atoms with E-state index in [2.05, 4.69) is 28.1 Å². The molecule has 116 valence electrons. The Morgan fingerprint density at radius 3 is 3.09 bits per heavy atom. The van der Waals surface area contributed by atoms with Crippen LogP contribution in [-0.2, 0) is 5.41 Å². The summed E-state index contributed by atoms with van der Waals surface area (Å²) in [6.07, 6.45) is 7.45. The van der Waals surface area contributed by atoms with E-state index < -0.39 is 0 Å². The van der Waals surface area contributed by atoms with Crippen LogP contribution in [0.4, 0.5) is 0 Å². The monoisotopic (exact) mass is 363 g/mol. The van der Waals surface area contributed by atoms with Gasteiger partial charge in [-0.25, -0.2) is 0 Å². The molecule has 0 fully saturated rings. The second-order valence-corrected chi connectivity index (χ2v) is 7.10. The minimum atomic E-state index is -0.208. The molecule has 0 saturated heterocycles. The highest BCUT2D eigenvalue weighted by molar-refractivity contribution is 9.10. The Hall–Kier alpha value is -1.49. The predicted octanol–water partition coefficient (Wildman–Crippen LogP) is 3.28. The lowest BCUT2D eigenvalue weighted by molar-refractivity contribution is 0.0784. The largest absolute Gasteiger partial charge is 0.493 e. The van der Waals surface area contributed by atoms with Gasteiger partial charge in [0.2, 0.25) is 0 Å². The second kappa shape index (κ2) is 4.75. The summed E-state index contributed by atoms with van der Waals surface area (Å²) in [7, 11) is 3.51. The van der Waals surface area contributed by atoms with E-state index in [4.69, 9.17) is 9.47 Å². The summed E-state index contributed by atoms with van der Waals surface area (Å²) >= 11 is 3.57. The Kier molecular flexibility index (Phi) is 3.05. The fourth-order valence-electron chi connectivity index (χ4n) is 4.00. The Labute approximate surface area is 138 Å². The van der Waals surface area contributed by atoms with Crippen molar-refractivity contribution in [2.75, 3.05) is 20.7 Å². The van der Waals surface area contributed by atoms with Gasteiger partial charge in [-0.15, -0.1) is 0 Å². The average molecular weight is 364 g/mol. The fraction of sp³-hybridized carbons (Fsp3) is 0.471. The normalized spacial score (nSPS) is 28.8. The zero-order valence-corrected chi connectivity index (χ0v) is 14.3. The number of halogens is 1. The van der Waals surface area contributed by atoms with Crippen molar-refractivity contribution in [3.8, 4) is 11.5 Å². The number of rotatable bonds is 1. The van der Waals surface area contributed by atoms with E-state index in [-0.39, 0.29) is 17.4 Å². The molecule has 3 aliphatic rings. The number of nitrogens with zero attached hydrogens (tertiary/aromatic N) is 1. The molecule has 0 saturated carbocycles. The van der Waals surface area contributed by atoms with E-state index in [1.807, 2.05) is 13.1 Å². The minimum absolute atomic E-state index is 0.0471. The van der Waals surface area contributed by atoms with E-state index in [0.29, 0.717) is 5.75 Å². The third-order valence-electron chi connectivity index (χ3n) is 5.15. The molecule has 0 radical (unpaired) electrons. The van der Waals surface area contributed by atoms with Crippen LogP contribution in [0.5, 0.6) is 11.5 Å². The van der Waals surface area contributed by atoms with E-state index in [1.54, 1.807) is 12.0 Å². The number of benzene rings is 1. The smallest absolute Gasteiger partial charge is 0.255 e. The van der Waals surface area contributed by atoms with Gasteiger partial charge in [0.1, 0.15) is 6.10 Å². The Bertz CT molecular complexity index is 700. The predicted molar refractivity (Wildman–Crippen MR) is 86.7 cm³/mol. The van der Waals surface area contributed by atoms with Crippen LogP contribution < -0.4 is 9.47 Å². The topological polar surface area (TPSA) is 38.8 Å². The maximum Gasteiger partial charge on any atom is 0.255 e. The zero-order valence-electron chi connectivity index (χ0n) is 12.7. The molecule has 2 heterocycles. The van der Waals surface area contributed by atoms with Gasteiger partial charge < -0.3 is 14.4 Å². The van der Waals surface area contributed by atoms with E-state index in [1.165, 1.54) is 0 Å². The Morgan fingerprint density at radius 1 is 1.50 bits per heavy atom. The Balaban J connectivity index is 2.08. The first-order chi connectivity index (χ1) is 10.6. The number of carbonyl (C=O) groups excluding carboxylic acids is 1. The van der Waals surface area contributed by atoms with Crippen LogP contribution in [0.1, 0.15) is 35.2 Å². The van der Waals surface area contributed by atoms with Crippen molar-refractivity contribution in [3.63, 3.8) is 0 Å². The molecule has 1 amide bonds. The van der Waals surface area contributed by atoms with Crippen LogP contribution in [0.2, 0.25) is 0 Å². The van der Waals surface area contributed by atoms with Gasteiger partial charge in [0.25, 0.3) is 5.91 Å². The second-order valence-electron chi connectivity index (χ2n) is 6.24. The molecule has 2 atom stereocenters. The summed E-state index contributed by atoms with van der Waals surface area (Å²) < 4.78 is 12.6. The highest BCUT2D eigenvalue weighted by atomic mass is 79.9. The first-order valence-electron chi connectivity index (χ1n) is 7.59. The number of hydrogen-bond donors (Lipinski definition) is 0. The molecule has 0 N–H and O–H groups in total. The highest BCUT2D eigenvalue weighted by Gasteiger charge is 2.53. The van der Waals surface area contributed by atoms with Gasteiger partial charge in [-0.3, -0.25) is 4.79 Å². The number of ether oxygens (including phenoxy) is 2. The first kappa shape index (κ1) is 14.1. The number of carbonyl (C=O) groups is 1. The van der Waals surface area contributed by atoms with Crippen molar-refractivity contribution >= 4 is 21.8 Å². The number of methoxy groups -OCH3 is 1. The van der Waals surface area contributed by atoms with Crippen LogP contribution in [-0.4, -0.2) is 37.6 Å². The summed E-state index contributed by atoms with van der Waals surface area (Å²) in [5, 5.41) is 0. The van der Waals surface area contributed by atoms with Gasteiger partial charge >= 0.3 is 0 Å². The highest BCUT2D eigenvalue weighted by Crippen LogP contribution is 2.57. The molecule has 1 aliphatic carbocycles. The van der Waals surface area contributed by atoms with Crippen molar-refractivity contribution in [2.45, 2.75) is 30.8 Å². The molecule has 22 heavy (non-hydrogen) atoms. The average Bonchev–Trinajstić information content (AvgIpc) is 2.81. The fourth-order valence-corrected chi connectivity index (χ4v) is 4.58. The van der Waals surface area contributed by atoms with E-state index in [0.717, 1.165) is 47.2 Å². The van der Waals surface area contributed by atoms with Gasteiger partial charge in [0, 0.05) is 23.6 Å². The minimum Gasteiger partial charge on any atom is -0.493 e. The first-order valence-corrected chi connectivity index (χ1v) is 8.38. The van der Waals surface area contributed by atoms with Gasteiger partial charge in [-0.05, 0) is 41.3 Å². The lowest BCUT2D eigenvalue weighted by atomic mass is 9.69. The van der Waals surface area contributed by atoms with Gasteiger partial charge in [-0.2, -0.15) is 0 Å². The van der Waals surface area contributed by atoms with Crippen LogP contribution in [0.15, 0.2) is 22.7 Å². The van der Waals surface area contributed by atoms with Crippen LogP contribution in [0.3, 0.4) is 0 Å². The van der Waals surface area contributed by atoms with Crippen molar-refractivity contribution in [1.29, 1.82) is 0 Å². The molecular weight excluding hydrogens is 346 g/mol. The summed E-state index contributed by atoms with van der Waals surface area (Å²) in [5.74, 6) is 1.50. The summed E-state index contributed by atoms with van der Waals surface area (Å²) in [5.41, 5.74) is 1.53. The molecule has 1 aromatic carbocycles. The van der Waals surface area contributed by atoms with Gasteiger partial charge in [-0.1, -0.05) is 12.2 Å². The lowest BCUT2D eigenvalue weighted by Crippen LogP contribution is -2.39. The molecule has 2 unspecified atom stereocenters. The van der Waals surface area contributed by atoms with Crippen LogP contribution >= 0.6 is 15.9 Å². The van der Waals surface area contributed by atoms with E-state index in [9.17, 15) is 4.79 Å². The molecule has 1 aromatic rings.